The van der Waals surface area contributed by atoms with Crippen LogP contribution in [0.15, 0.2) is 6.20 Å². The molecule has 0 aliphatic carbocycles. The Balaban J connectivity index is 2.24. The van der Waals surface area contributed by atoms with Crippen LogP contribution >= 0.6 is 0 Å². The number of hydrogen-bond acceptors (Lipinski definition) is 3. The quantitative estimate of drug-likeness (QED) is 0.851. The van der Waals surface area contributed by atoms with E-state index < -0.39 is 0 Å². The smallest absolute Gasteiger partial charge is 0.257 e. The molecule has 1 aromatic heterocycles. The van der Waals surface area contributed by atoms with Crippen LogP contribution in [0.4, 0.5) is 0 Å². The zero-order chi connectivity index (χ0) is 13.3. The highest BCUT2D eigenvalue weighted by Gasteiger charge is 2.32. The van der Waals surface area contributed by atoms with Crippen molar-refractivity contribution in [3.8, 4) is 0 Å². The molecule has 0 radical (unpaired) electrons. The Morgan fingerprint density at radius 3 is 2.89 bits per heavy atom. The summed E-state index contributed by atoms with van der Waals surface area (Å²) in [6, 6.07) is -0.0640. The van der Waals surface area contributed by atoms with Gasteiger partial charge in [-0.15, -0.1) is 0 Å². The lowest BCUT2D eigenvalue weighted by molar-refractivity contribution is 0.0357. The number of carbonyl (C=O) groups is 1. The minimum absolute atomic E-state index is 0.00815. The Morgan fingerprint density at radius 1 is 1.61 bits per heavy atom. The van der Waals surface area contributed by atoms with Gasteiger partial charge in [0.1, 0.15) is 0 Å². The van der Waals surface area contributed by atoms with Crippen molar-refractivity contribution >= 4 is 5.91 Å². The van der Waals surface area contributed by atoms with Gasteiger partial charge in [-0.3, -0.25) is 9.48 Å². The van der Waals surface area contributed by atoms with E-state index in [4.69, 9.17) is 0 Å². The van der Waals surface area contributed by atoms with Crippen LogP contribution in [0.2, 0.25) is 0 Å². The van der Waals surface area contributed by atoms with E-state index in [-0.39, 0.29) is 18.6 Å². The molecule has 1 N–H and O–H groups in total. The van der Waals surface area contributed by atoms with Gasteiger partial charge in [0.25, 0.3) is 5.91 Å². The molecule has 100 valence electrons. The van der Waals surface area contributed by atoms with Crippen molar-refractivity contribution in [2.45, 2.75) is 32.7 Å². The van der Waals surface area contributed by atoms with Gasteiger partial charge in [0.15, 0.2) is 0 Å². The zero-order valence-electron chi connectivity index (χ0n) is 11.3. The molecule has 2 unspecified atom stereocenters. The second kappa shape index (κ2) is 5.10. The number of rotatable bonds is 2. The van der Waals surface area contributed by atoms with Gasteiger partial charge in [-0.1, -0.05) is 6.92 Å². The molecule has 0 spiro atoms. The van der Waals surface area contributed by atoms with Gasteiger partial charge in [0, 0.05) is 19.8 Å². The molecule has 0 bridgehead atoms. The third-order valence-corrected chi connectivity index (χ3v) is 3.81. The summed E-state index contributed by atoms with van der Waals surface area (Å²) in [4.78, 5) is 14.3. The van der Waals surface area contributed by atoms with E-state index >= 15 is 0 Å². The van der Waals surface area contributed by atoms with Gasteiger partial charge in [-0.25, -0.2) is 0 Å². The summed E-state index contributed by atoms with van der Waals surface area (Å²) in [6.45, 7) is 4.69. The summed E-state index contributed by atoms with van der Waals surface area (Å²) in [5, 5.41) is 13.7. The molecule has 2 heterocycles. The van der Waals surface area contributed by atoms with E-state index in [9.17, 15) is 9.90 Å². The molecular formula is C13H21N3O2. The normalized spacial score (nSPS) is 24.3. The van der Waals surface area contributed by atoms with Crippen LogP contribution in [0.1, 0.15) is 35.8 Å². The molecule has 5 nitrogen and oxygen atoms in total. The van der Waals surface area contributed by atoms with Crippen LogP contribution in [0.3, 0.4) is 0 Å². The molecule has 0 aromatic carbocycles. The molecule has 5 heteroatoms. The van der Waals surface area contributed by atoms with Crippen molar-refractivity contribution in [3.05, 3.63) is 17.5 Å². The molecule has 1 saturated heterocycles. The topological polar surface area (TPSA) is 58.4 Å². The van der Waals surface area contributed by atoms with Crippen molar-refractivity contribution in [3.63, 3.8) is 0 Å². The molecule has 18 heavy (non-hydrogen) atoms. The summed E-state index contributed by atoms with van der Waals surface area (Å²) in [7, 11) is 1.81. The van der Waals surface area contributed by atoms with Crippen LogP contribution in [0.25, 0.3) is 0 Å². The van der Waals surface area contributed by atoms with Gasteiger partial charge in [-0.2, -0.15) is 5.10 Å². The Hall–Kier alpha value is -1.36. The van der Waals surface area contributed by atoms with E-state index in [0.29, 0.717) is 11.5 Å². The first-order valence-corrected chi connectivity index (χ1v) is 6.46. The number of piperidine rings is 1. The standard InChI is InChI=1S/C13H21N3O2/c1-9-5-4-6-16(12(9)8-17)13(18)11-7-15(3)14-10(11)2/h7,9,12,17H,4-6,8H2,1-3H3. The van der Waals surface area contributed by atoms with Crippen LogP contribution in [-0.2, 0) is 7.05 Å². The van der Waals surface area contributed by atoms with Crippen LogP contribution in [0, 0.1) is 12.8 Å². The van der Waals surface area contributed by atoms with Gasteiger partial charge >= 0.3 is 0 Å². The Morgan fingerprint density at radius 2 is 2.33 bits per heavy atom. The minimum Gasteiger partial charge on any atom is -0.394 e. The van der Waals surface area contributed by atoms with Crippen LogP contribution < -0.4 is 0 Å². The fraction of sp³-hybridized carbons (Fsp3) is 0.692. The van der Waals surface area contributed by atoms with Crippen molar-refractivity contribution in [2.24, 2.45) is 13.0 Å². The number of carbonyl (C=O) groups excluding carboxylic acids is 1. The van der Waals surface area contributed by atoms with Crippen molar-refractivity contribution in [1.82, 2.24) is 14.7 Å². The number of nitrogens with zero attached hydrogens (tertiary/aromatic N) is 3. The van der Waals surface area contributed by atoms with Crippen LogP contribution in [0.5, 0.6) is 0 Å². The third kappa shape index (κ3) is 2.27. The monoisotopic (exact) mass is 251 g/mol. The van der Waals surface area contributed by atoms with E-state index in [1.54, 1.807) is 15.8 Å². The van der Waals surface area contributed by atoms with Gasteiger partial charge < -0.3 is 10.0 Å². The number of likely N-dealkylation sites (tertiary alicyclic amines) is 1. The fourth-order valence-electron chi connectivity index (χ4n) is 2.74. The first kappa shape index (κ1) is 13.1. The molecule has 2 atom stereocenters. The molecule has 0 saturated carbocycles. The van der Waals surface area contributed by atoms with E-state index in [1.807, 2.05) is 14.0 Å². The maximum atomic E-state index is 12.5. The van der Waals surface area contributed by atoms with Gasteiger partial charge in [-0.05, 0) is 25.7 Å². The Bertz CT molecular complexity index is 441. The van der Waals surface area contributed by atoms with E-state index in [1.165, 1.54) is 0 Å². The number of aliphatic hydroxyl groups is 1. The third-order valence-electron chi connectivity index (χ3n) is 3.81. The van der Waals surface area contributed by atoms with Crippen molar-refractivity contribution in [1.29, 1.82) is 0 Å². The first-order chi connectivity index (χ1) is 8.54. The van der Waals surface area contributed by atoms with Crippen molar-refractivity contribution < 1.29 is 9.90 Å². The molecule has 1 fully saturated rings. The minimum atomic E-state index is -0.0640. The summed E-state index contributed by atoms with van der Waals surface area (Å²) >= 11 is 0. The lowest BCUT2D eigenvalue weighted by Gasteiger charge is -2.39. The van der Waals surface area contributed by atoms with Crippen molar-refractivity contribution in [2.75, 3.05) is 13.2 Å². The lowest BCUT2D eigenvalue weighted by Crippen LogP contribution is -2.49. The second-order valence-electron chi connectivity index (χ2n) is 5.17. The molecule has 1 amide bonds. The second-order valence-corrected chi connectivity index (χ2v) is 5.17. The van der Waals surface area contributed by atoms with Gasteiger partial charge in [0.05, 0.1) is 23.9 Å². The highest BCUT2D eigenvalue weighted by molar-refractivity contribution is 5.95. The summed E-state index contributed by atoms with van der Waals surface area (Å²) in [6.07, 6.45) is 3.83. The number of aryl methyl sites for hydroxylation is 2. The summed E-state index contributed by atoms with van der Waals surface area (Å²) < 4.78 is 1.66. The predicted octanol–water partition coefficient (Wildman–Crippen LogP) is 0.962. The molecule has 1 aliphatic rings. The predicted molar refractivity (Wildman–Crippen MR) is 68.3 cm³/mol. The van der Waals surface area contributed by atoms with E-state index in [2.05, 4.69) is 12.0 Å². The number of hydrogen-bond donors (Lipinski definition) is 1. The molecular weight excluding hydrogens is 230 g/mol. The van der Waals surface area contributed by atoms with Gasteiger partial charge in [0.2, 0.25) is 0 Å². The number of aliphatic hydroxyl groups excluding tert-OH is 1. The zero-order valence-corrected chi connectivity index (χ0v) is 11.3. The maximum absolute atomic E-state index is 12.5. The molecule has 1 aromatic rings. The first-order valence-electron chi connectivity index (χ1n) is 6.46. The highest BCUT2D eigenvalue weighted by Crippen LogP contribution is 2.25. The highest BCUT2D eigenvalue weighted by atomic mass is 16.3. The average molecular weight is 251 g/mol. The number of amides is 1. The Kier molecular flexibility index (Phi) is 3.71. The van der Waals surface area contributed by atoms with Crippen LogP contribution in [-0.4, -0.2) is 44.9 Å². The SMILES string of the molecule is Cc1nn(C)cc1C(=O)N1CCCC(C)C1CO. The lowest BCUT2D eigenvalue weighted by atomic mass is 9.91. The largest absolute Gasteiger partial charge is 0.394 e. The summed E-state index contributed by atoms with van der Waals surface area (Å²) in [5.41, 5.74) is 1.39. The Labute approximate surface area is 107 Å². The summed E-state index contributed by atoms with van der Waals surface area (Å²) in [5.74, 6) is 0.343. The maximum Gasteiger partial charge on any atom is 0.257 e. The average Bonchev–Trinajstić information content (AvgIpc) is 2.67. The van der Waals surface area contributed by atoms with E-state index in [0.717, 1.165) is 25.1 Å². The molecule has 2 rings (SSSR count). The molecule has 1 aliphatic heterocycles. The fourth-order valence-corrected chi connectivity index (χ4v) is 2.74. The number of aromatic nitrogens is 2.